The maximum absolute atomic E-state index is 4.68. The Morgan fingerprint density at radius 1 is 1.26 bits per heavy atom. The van der Waals surface area contributed by atoms with Crippen LogP contribution in [0.25, 0.3) is 0 Å². The van der Waals surface area contributed by atoms with Crippen LogP contribution in [0.2, 0.25) is 0 Å². The minimum atomic E-state index is 0.641. The molecule has 0 atom stereocenters. The molecular weight excluding hydrogens is 322 g/mol. The molecule has 0 unspecified atom stereocenters. The van der Waals surface area contributed by atoms with Crippen molar-refractivity contribution in [2.24, 2.45) is 0 Å². The minimum absolute atomic E-state index is 0.641. The maximum Gasteiger partial charge on any atom is 0.0762 e. The Bertz CT molecular complexity index is 528. The molecule has 19 heavy (non-hydrogen) atoms. The summed E-state index contributed by atoms with van der Waals surface area (Å²) < 4.78 is 3.35. The third-order valence-electron chi connectivity index (χ3n) is 3.60. The van der Waals surface area contributed by atoms with E-state index in [4.69, 9.17) is 0 Å². The fourth-order valence-corrected chi connectivity index (χ4v) is 4.06. The number of nitrogens with one attached hydrogen (secondary N) is 1. The third-order valence-corrected chi connectivity index (χ3v) is 5.22. The normalized spacial score (nSPS) is 16.3. The Kier molecular flexibility index (Phi) is 4.35. The molecule has 2 aromatic rings. The van der Waals surface area contributed by atoms with Crippen molar-refractivity contribution in [2.75, 3.05) is 0 Å². The average molecular weight is 340 g/mol. The van der Waals surface area contributed by atoms with Gasteiger partial charge in [-0.05, 0) is 47.0 Å². The van der Waals surface area contributed by atoms with E-state index in [9.17, 15) is 0 Å². The standard InChI is InChI=1S/C14H18BrN3S/c15-14-6-5-13(19-14)10-16-9-11-7-8-18(17-11)12-3-1-2-4-12/h5-8,12,16H,1-4,9-10H2. The number of thiophene rings is 1. The minimum Gasteiger partial charge on any atom is -0.306 e. The molecule has 0 radical (unpaired) electrons. The van der Waals surface area contributed by atoms with Crippen LogP contribution in [0, 0.1) is 0 Å². The van der Waals surface area contributed by atoms with Crippen molar-refractivity contribution >= 4 is 27.3 Å². The summed E-state index contributed by atoms with van der Waals surface area (Å²) in [6, 6.07) is 7.02. The van der Waals surface area contributed by atoms with Gasteiger partial charge in [0.15, 0.2) is 0 Å². The van der Waals surface area contributed by atoms with Crippen molar-refractivity contribution in [1.82, 2.24) is 15.1 Å². The number of hydrogen-bond acceptors (Lipinski definition) is 3. The molecule has 1 N–H and O–H groups in total. The van der Waals surface area contributed by atoms with Crippen LogP contribution in [-0.2, 0) is 13.1 Å². The molecule has 0 saturated heterocycles. The first-order valence-electron chi connectivity index (χ1n) is 6.80. The highest BCUT2D eigenvalue weighted by Crippen LogP contribution is 2.28. The molecule has 0 aliphatic heterocycles. The lowest BCUT2D eigenvalue weighted by Crippen LogP contribution is -2.13. The van der Waals surface area contributed by atoms with Gasteiger partial charge in [0, 0.05) is 24.2 Å². The molecule has 1 aliphatic rings. The van der Waals surface area contributed by atoms with Crippen molar-refractivity contribution in [3.05, 3.63) is 38.8 Å². The highest BCUT2D eigenvalue weighted by Gasteiger charge is 2.17. The van der Waals surface area contributed by atoms with Gasteiger partial charge in [0.05, 0.1) is 15.5 Å². The molecule has 2 aromatic heterocycles. The van der Waals surface area contributed by atoms with E-state index < -0.39 is 0 Å². The Morgan fingerprint density at radius 3 is 2.84 bits per heavy atom. The number of aromatic nitrogens is 2. The highest BCUT2D eigenvalue weighted by molar-refractivity contribution is 9.11. The summed E-state index contributed by atoms with van der Waals surface area (Å²) in [5.74, 6) is 0. The van der Waals surface area contributed by atoms with Crippen molar-refractivity contribution in [3.8, 4) is 0 Å². The van der Waals surface area contributed by atoms with Crippen molar-refractivity contribution < 1.29 is 0 Å². The summed E-state index contributed by atoms with van der Waals surface area (Å²) in [7, 11) is 0. The molecule has 1 saturated carbocycles. The molecule has 0 spiro atoms. The average Bonchev–Trinajstić information content (AvgIpc) is 3.09. The summed E-state index contributed by atoms with van der Waals surface area (Å²) >= 11 is 5.26. The molecule has 0 aromatic carbocycles. The van der Waals surface area contributed by atoms with E-state index >= 15 is 0 Å². The smallest absolute Gasteiger partial charge is 0.0762 e. The monoisotopic (exact) mass is 339 g/mol. The summed E-state index contributed by atoms with van der Waals surface area (Å²) in [6.07, 6.45) is 7.42. The van der Waals surface area contributed by atoms with E-state index in [0.717, 1.165) is 18.8 Å². The zero-order valence-electron chi connectivity index (χ0n) is 10.8. The van der Waals surface area contributed by atoms with Crippen LogP contribution in [0.15, 0.2) is 28.2 Å². The fourth-order valence-electron chi connectivity index (χ4n) is 2.60. The van der Waals surface area contributed by atoms with Crippen LogP contribution in [0.1, 0.15) is 42.3 Å². The van der Waals surface area contributed by atoms with Gasteiger partial charge in [-0.15, -0.1) is 11.3 Å². The van der Waals surface area contributed by atoms with Crippen LogP contribution in [0.5, 0.6) is 0 Å². The van der Waals surface area contributed by atoms with Gasteiger partial charge >= 0.3 is 0 Å². The first-order valence-corrected chi connectivity index (χ1v) is 8.41. The topological polar surface area (TPSA) is 29.9 Å². The summed E-state index contributed by atoms with van der Waals surface area (Å²) in [4.78, 5) is 1.35. The van der Waals surface area contributed by atoms with Crippen molar-refractivity contribution in [2.45, 2.75) is 44.8 Å². The summed E-state index contributed by atoms with van der Waals surface area (Å²) in [6.45, 7) is 1.75. The molecule has 0 bridgehead atoms. The van der Waals surface area contributed by atoms with E-state index in [0.29, 0.717) is 6.04 Å². The molecule has 2 heterocycles. The molecule has 1 aliphatic carbocycles. The third kappa shape index (κ3) is 3.46. The summed E-state index contributed by atoms with van der Waals surface area (Å²) in [5.41, 5.74) is 1.14. The van der Waals surface area contributed by atoms with Crippen LogP contribution < -0.4 is 5.32 Å². The van der Waals surface area contributed by atoms with Crippen molar-refractivity contribution in [1.29, 1.82) is 0 Å². The number of nitrogens with zero attached hydrogens (tertiary/aromatic N) is 2. The molecule has 0 amide bonds. The van der Waals surface area contributed by atoms with Gasteiger partial charge in [-0.3, -0.25) is 4.68 Å². The van der Waals surface area contributed by atoms with Crippen LogP contribution in [0.3, 0.4) is 0 Å². The van der Waals surface area contributed by atoms with Gasteiger partial charge in [0.25, 0.3) is 0 Å². The van der Waals surface area contributed by atoms with E-state index in [1.807, 2.05) is 0 Å². The van der Waals surface area contributed by atoms with Gasteiger partial charge in [0.1, 0.15) is 0 Å². The van der Waals surface area contributed by atoms with Gasteiger partial charge in [-0.1, -0.05) is 12.8 Å². The van der Waals surface area contributed by atoms with Gasteiger partial charge < -0.3 is 5.32 Å². The zero-order chi connectivity index (χ0) is 13.1. The predicted octanol–water partition coefficient (Wildman–Crippen LogP) is 4.11. The molecule has 3 nitrogen and oxygen atoms in total. The highest BCUT2D eigenvalue weighted by atomic mass is 79.9. The van der Waals surface area contributed by atoms with Crippen molar-refractivity contribution in [3.63, 3.8) is 0 Å². The van der Waals surface area contributed by atoms with Gasteiger partial charge in [-0.25, -0.2) is 0 Å². The SMILES string of the molecule is Brc1ccc(CNCc2ccn(C3CCCC3)n2)s1. The molecular formula is C14H18BrN3S. The predicted molar refractivity (Wildman–Crippen MR) is 82.3 cm³/mol. The number of rotatable bonds is 5. The van der Waals surface area contributed by atoms with Gasteiger partial charge in [-0.2, -0.15) is 5.10 Å². The largest absolute Gasteiger partial charge is 0.306 e. The lowest BCUT2D eigenvalue weighted by Gasteiger charge is -2.08. The van der Waals surface area contributed by atoms with Crippen LogP contribution >= 0.6 is 27.3 Å². The van der Waals surface area contributed by atoms with E-state index in [2.05, 4.69) is 55.4 Å². The first kappa shape index (κ1) is 13.3. The molecule has 3 rings (SSSR count). The van der Waals surface area contributed by atoms with E-state index in [-0.39, 0.29) is 0 Å². The first-order chi connectivity index (χ1) is 9.31. The Balaban J connectivity index is 1.50. The Morgan fingerprint density at radius 2 is 2.11 bits per heavy atom. The summed E-state index contributed by atoms with van der Waals surface area (Å²) in [5, 5.41) is 8.13. The Labute approximate surface area is 126 Å². The second-order valence-electron chi connectivity index (χ2n) is 5.03. The second-order valence-corrected chi connectivity index (χ2v) is 7.58. The zero-order valence-corrected chi connectivity index (χ0v) is 13.2. The second kappa shape index (κ2) is 6.20. The van der Waals surface area contributed by atoms with E-state index in [1.54, 1.807) is 11.3 Å². The van der Waals surface area contributed by atoms with Crippen LogP contribution in [0.4, 0.5) is 0 Å². The van der Waals surface area contributed by atoms with Crippen LogP contribution in [-0.4, -0.2) is 9.78 Å². The lowest BCUT2D eigenvalue weighted by molar-refractivity contribution is 0.461. The number of hydrogen-bond donors (Lipinski definition) is 1. The maximum atomic E-state index is 4.68. The fraction of sp³-hybridized carbons (Fsp3) is 0.500. The molecule has 102 valence electrons. The molecule has 1 fully saturated rings. The van der Waals surface area contributed by atoms with E-state index in [1.165, 1.54) is 34.3 Å². The number of halogens is 1. The lowest BCUT2D eigenvalue weighted by atomic mass is 10.3. The Hall–Kier alpha value is -0.650. The quantitative estimate of drug-likeness (QED) is 0.888. The van der Waals surface area contributed by atoms with Gasteiger partial charge in [0.2, 0.25) is 0 Å². The molecule has 5 heteroatoms.